The minimum Gasteiger partial charge on any atom is -0.497 e. The lowest BCUT2D eigenvalue weighted by molar-refractivity contribution is -0.139. The highest BCUT2D eigenvalue weighted by molar-refractivity contribution is 5.92. The van der Waals surface area contributed by atoms with E-state index < -0.39 is 18.0 Å². The zero-order valence-electron chi connectivity index (χ0n) is 13.2. The van der Waals surface area contributed by atoms with Gasteiger partial charge in [-0.3, -0.25) is 0 Å². The Morgan fingerprint density at radius 1 is 1.14 bits per heavy atom. The fraction of sp³-hybridized carbons (Fsp3) is 0.467. The summed E-state index contributed by atoms with van der Waals surface area (Å²) >= 11 is 0. The lowest BCUT2D eigenvalue weighted by Crippen LogP contribution is -2.43. The van der Waals surface area contributed by atoms with Crippen LogP contribution in [0.15, 0.2) is 18.2 Å². The first-order valence-electron chi connectivity index (χ1n) is 6.89. The molecule has 0 aliphatic rings. The average Bonchev–Trinajstić information content (AvgIpc) is 2.45. The van der Waals surface area contributed by atoms with Crippen molar-refractivity contribution in [3.63, 3.8) is 0 Å². The van der Waals surface area contributed by atoms with Gasteiger partial charge >= 0.3 is 12.0 Å². The molecule has 0 unspecified atom stereocenters. The molecule has 7 nitrogen and oxygen atoms in total. The van der Waals surface area contributed by atoms with Gasteiger partial charge in [0.25, 0.3) is 0 Å². The van der Waals surface area contributed by atoms with Crippen molar-refractivity contribution in [2.24, 2.45) is 5.92 Å². The third-order valence-corrected chi connectivity index (χ3v) is 2.92. The third-order valence-electron chi connectivity index (χ3n) is 2.92. The van der Waals surface area contributed by atoms with E-state index in [1.807, 2.05) is 13.8 Å². The second kappa shape index (κ2) is 8.11. The smallest absolute Gasteiger partial charge is 0.326 e. The molecule has 22 heavy (non-hydrogen) atoms. The van der Waals surface area contributed by atoms with Gasteiger partial charge in [-0.05, 0) is 12.3 Å². The van der Waals surface area contributed by atoms with Crippen LogP contribution in [0.4, 0.5) is 10.5 Å². The predicted molar refractivity (Wildman–Crippen MR) is 82.6 cm³/mol. The summed E-state index contributed by atoms with van der Waals surface area (Å²) in [6.45, 7) is 3.78. The predicted octanol–water partition coefficient (Wildman–Crippen LogP) is 2.32. The number of amides is 2. The number of carbonyl (C=O) groups is 2. The van der Waals surface area contributed by atoms with Gasteiger partial charge < -0.3 is 25.2 Å². The Hall–Kier alpha value is -2.44. The van der Waals surface area contributed by atoms with Crippen molar-refractivity contribution in [2.45, 2.75) is 26.3 Å². The molecule has 1 atom stereocenters. The first-order valence-corrected chi connectivity index (χ1v) is 6.89. The van der Waals surface area contributed by atoms with E-state index in [0.717, 1.165) is 0 Å². The zero-order valence-corrected chi connectivity index (χ0v) is 13.2. The van der Waals surface area contributed by atoms with Crippen LogP contribution in [0.25, 0.3) is 0 Å². The SMILES string of the molecule is COc1cc(NC(=O)N[C@@H](CC(C)C)C(=O)O)cc(OC)c1. The number of nitrogens with one attached hydrogen (secondary N) is 2. The van der Waals surface area contributed by atoms with Crippen molar-refractivity contribution in [1.82, 2.24) is 5.32 Å². The van der Waals surface area contributed by atoms with Gasteiger partial charge in [-0.25, -0.2) is 9.59 Å². The maximum atomic E-state index is 11.9. The number of benzene rings is 1. The van der Waals surface area contributed by atoms with Gasteiger partial charge in [-0.15, -0.1) is 0 Å². The number of urea groups is 1. The minimum atomic E-state index is -1.06. The third kappa shape index (κ3) is 5.51. The minimum absolute atomic E-state index is 0.151. The highest BCUT2D eigenvalue weighted by Crippen LogP contribution is 2.25. The summed E-state index contributed by atoms with van der Waals surface area (Å²) in [5, 5.41) is 14.1. The van der Waals surface area contributed by atoms with Crippen molar-refractivity contribution in [3.05, 3.63) is 18.2 Å². The molecule has 0 spiro atoms. The summed E-state index contributed by atoms with van der Waals surface area (Å²) in [6, 6.07) is 3.36. The normalized spacial score (nSPS) is 11.7. The van der Waals surface area contributed by atoms with Crippen molar-refractivity contribution in [3.8, 4) is 11.5 Å². The lowest BCUT2D eigenvalue weighted by atomic mass is 10.0. The zero-order chi connectivity index (χ0) is 16.7. The molecule has 122 valence electrons. The van der Waals surface area contributed by atoms with Crippen LogP contribution in [0.3, 0.4) is 0 Å². The maximum Gasteiger partial charge on any atom is 0.326 e. The van der Waals surface area contributed by atoms with Crippen LogP contribution in [0.5, 0.6) is 11.5 Å². The van der Waals surface area contributed by atoms with Gasteiger partial charge in [0, 0.05) is 23.9 Å². The van der Waals surface area contributed by atoms with Crippen LogP contribution < -0.4 is 20.1 Å². The quantitative estimate of drug-likeness (QED) is 0.718. The summed E-state index contributed by atoms with van der Waals surface area (Å²) in [5.41, 5.74) is 0.447. The van der Waals surface area contributed by atoms with E-state index in [9.17, 15) is 9.59 Å². The summed E-state index contributed by atoms with van der Waals surface area (Å²) in [5.74, 6) is 0.128. The van der Waals surface area contributed by atoms with Gasteiger partial charge in [-0.1, -0.05) is 13.8 Å². The molecule has 0 saturated carbocycles. The van der Waals surface area contributed by atoms with Gasteiger partial charge in [0.05, 0.1) is 14.2 Å². The first-order chi connectivity index (χ1) is 10.3. The standard InChI is InChI=1S/C15H22N2O5/c1-9(2)5-13(14(18)19)17-15(20)16-10-6-11(21-3)8-12(7-10)22-4/h6-9,13H,5H2,1-4H3,(H,18,19)(H2,16,17,20)/t13-/m0/s1. The molecule has 0 aromatic heterocycles. The number of ether oxygens (including phenoxy) is 2. The van der Waals surface area contributed by atoms with Crippen LogP contribution in [0.2, 0.25) is 0 Å². The largest absolute Gasteiger partial charge is 0.497 e. The molecule has 0 fully saturated rings. The topological polar surface area (TPSA) is 96.9 Å². The Kier molecular flexibility index (Phi) is 6.49. The summed E-state index contributed by atoms with van der Waals surface area (Å²) < 4.78 is 10.2. The molecule has 3 N–H and O–H groups in total. The Bertz CT molecular complexity index is 508. The summed E-state index contributed by atoms with van der Waals surface area (Å²) in [7, 11) is 3.00. The van der Waals surface area contributed by atoms with Gasteiger partial charge in [0.15, 0.2) is 0 Å². The fourth-order valence-corrected chi connectivity index (χ4v) is 1.90. The molecule has 1 aromatic carbocycles. The molecular weight excluding hydrogens is 288 g/mol. The molecule has 0 aliphatic heterocycles. The van der Waals surface area contributed by atoms with Crippen LogP contribution in [0, 0.1) is 5.92 Å². The number of hydrogen-bond acceptors (Lipinski definition) is 4. The molecule has 1 aromatic rings. The molecule has 7 heteroatoms. The second-order valence-electron chi connectivity index (χ2n) is 5.22. The molecular formula is C15H22N2O5. The van der Waals surface area contributed by atoms with Crippen LogP contribution in [-0.2, 0) is 4.79 Å². The Morgan fingerprint density at radius 3 is 2.09 bits per heavy atom. The number of carbonyl (C=O) groups excluding carboxylic acids is 1. The van der Waals surface area contributed by atoms with E-state index in [0.29, 0.717) is 23.6 Å². The molecule has 0 saturated heterocycles. The molecule has 1 rings (SSSR count). The maximum absolute atomic E-state index is 11.9. The van der Waals surface area contributed by atoms with Gasteiger partial charge in [-0.2, -0.15) is 0 Å². The Labute approximate surface area is 129 Å². The van der Waals surface area contributed by atoms with E-state index in [-0.39, 0.29) is 5.92 Å². The van der Waals surface area contributed by atoms with Crippen molar-refractivity contribution >= 4 is 17.7 Å². The first kappa shape index (κ1) is 17.6. The number of hydrogen-bond donors (Lipinski definition) is 3. The highest BCUT2D eigenvalue weighted by atomic mass is 16.5. The van der Waals surface area contributed by atoms with Crippen molar-refractivity contribution < 1.29 is 24.2 Å². The van der Waals surface area contributed by atoms with Crippen LogP contribution in [0.1, 0.15) is 20.3 Å². The number of methoxy groups -OCH3 is 2. The summed E-state index contributed by atoms with van der Waals surface area (Å²) in [4.78, 5) is 23.1. The summed E-state index contributed by atoms with van der Waals surface area (Å²) in [6.07, 6.45) is 0.351. The van der Waals surface area contributed by atoms with E-state index in [4.69, 9.17) is 14.6 Å². The van der Waals surface area contributed by atoms with E-state index in [2.05, 4.69) is 10.6 Å². The molecule has 0 heterocycles. The number of aliphatic carboxylic acids is 1. The fourth-order valence-electron chi connectivity index (χ4n) is 1.90. The van der Waals surface area contributed by atoms with Crippen LogP contribution >= 0.6 is 0 Å². The second-order valence-corrected chi connectivity index (χ2v) is 5.22. The number of rotatable bonds is 7. The molecule has 0 aliphatic carbocycles. The van der Waals surface area contributed by atoms with E-state index >= 15 is 0 Å². The monoisotopic (exact) mass is 310 g/mol. The van der Waals surface area contributed by atoms with Gasteiger partial charge in [0.1, 0.15) is 17.5 Å². The number of carboxylic acid groups (broad SMARTS) is 1. The molecule has 0 radical (unpaired) electrons. The van der Waals surface area contributed by atoms with E-state index in [1.54, 1.807) is 18.2 Å². The average molecular weight is 310 g/mol. The van der Waals surface area contributed by atoms with Crippen molar-refractivity contribution in [2.75, 3.05) is 19.5 Å². The Balaban J connectivity index is 2.77. The van der Waals surface area contributed by atoms with E-state index in [1.165, 1.54) is 14.2 Å². The highest BCUT2D eigenvalue weighted by Gasteiger charge is 2.21. The van der Waals surface area contributed by atoms with Crippen LogP contribution in [-0.4, -0.2) is 37.4 Å². The number of carboxylic acids is 1. The van der Waals surface area contributed by atoms with Gasteiger partial charge in [0.2, 0.25) is 0 Å². The Morgan fingerprint density at radius 2 is 1.68 bits per heavy atom. The molecule has 0 bridgehead atoms. The van der Waals surface area contributed by atoms with Crippen molar-refractivity contribution in [1.29, 1.82) is 0 Å². The lowest BCUT2D eigenvalue weighted by Gasteiger charge is -2.17. The number of anilines is 1. The molecule has 2 amide bonds.